The van der Waals surface area contributed by atoms with Crippen LogP contribution in [0.15, 0.2) is 6.20 Å². The number of imidazole rings is 1. The van der Waals surface area contributed by atoms with Gasteiger partial charge in [-0.15, -0.1) is 0 Å². The van der Waals surface area contributed by atoms with E-state index < -0.39 is 0 Å². The zero-order valence-electron chi connectivity index (χ0n) is 8.75. The lowest BCUT2D eigenvalue weighted by Crippen LogP contribution is -2.15. The van der Waals surface area contributed by atoms with Crippen LogP contribution in [0.2, 0.25) is 0 Å². The normalized spacial score (nSPS) is 18.4. The molecule has 1 heterocycles. The number of H-pyrrole nitrogens is 1. The molecule has 3 nitrogen and oxygen atoms in total. The third-order valence-corrected chi connectivity index (χ3v) is 2.88. The van der Waals surface area contributed by atoms with E-state index in [-0.39, 0.29) is 0 Å². The predicted octanol–water partition coefficient (Wildman–Crippen LogP) is 2.68. The Kier molecular flexibility index (Phi) is 3.07. The molecule has 14 heavy (non-hydrogen) atoms. The second-order valence-corrected chi connectivity index (χ2v) is 4.15. The Morgan fingerprint density at radius 3 is 2.86 bits per heavy atom. The number of nitrogens with one attached hydrogen (secondary N) is 1. The molecule has 0 bridgehead atoms. The van der Waals surface area contributed by atoms with Crippen LogP contribution >= 0.6 is 0 Å². The molecule has 0 unspecified atom stereocenters. The fourth-order valence-electron chi connectivity index (χ4n) is 2.03. The summed E-state index contributed by atoms with van der Waals surface area (Å²) in [6.07, 6.45) is 8.56. The van der Waals surface area contributed by atoms with Crippen LogP contribution in [-0.4, -0.2) is 16.6 Å². The molecule has 0 radical (unpaired) electrons. The van der Waals surface area contributed by atoms with E-state index in [0.717, 1.165) is 24.2 Å². The minimum atomic E-state index is 0.757. The average Bonchev–Trinajstić information content (AvgIpc) is 2.63. The lowest BCUT2D eigenvalue weighted by molar-refractivity contribution is 0.203. The molecule has 1 N–H and O–H groups in total. The Morgan fingerprint density at radius 2 is 2.21 bits per heavy atom. The molecule has 0 spiro atoms. The second kappa shape index (κ2) is 4.49. The smallest absolute Gasteiger partial charge is 0.211 e. The summed E-state index contributed by atoms with van der Waals surface area (Å²) in [6, 6.07) is 0. The number of hydrogen-bond acceptors (Lipinski definition) is 2. The molecule has 1 aliphatic rings. The van der Waals surface area contributed by atoms with E-state index >= 15 is 0 Å². The van der Waals surface area contributed by atoms with Gasteiger partial charge in [0.15, 0.2) is 0 Å². The van der Waals surface area contributed by atoms with E-state index in [1.165, 1.54) is 32.1 Å². The summed E-state index contributed by atoms with van der Waals surface area (Å²) in [5, 5.41) is 0. The highest BCUT2D eigenvalue weighted by Gasteiger charge is 2.14. The number of rotatable bonds is 3. The van der Waals surface area contributed by atoms with Crippen LogP contribution in [0.3, 0.4) is 0 Å². The van der Waals surface area contributed by atoms with Gasteiger partial charge in [-0.1, -0.05) is 19.3 Å². The summed E-state index contributed by atoms with van der Waals surface area (Å²) in [6.45, 7) is 2.79. The van der Waals surface area contributed by atoms with Crippen molar-refractivity contribution in [2.75, 3.05) is 6.61 Å². The van der Waals surface area contributed by atoms with E-state index in [2.05, 4.69) is 9.97 Å². The fraction of sp³-hybridized carbons (Fsp3) is 0.727. The molecule has 0 aromatic carbocycles. The van der Waals surface area contributed by atoms with Crippen molar-refractivity contribution in [3.63, 3.8) is 0 Å². The van der Waals surface area contributed by atoms with Crippen LogP contribution in [0.4, 0.5) is 0 Å². The second-order valence-electron chi connectivity index (χ2n) is 4.15. The van der Waals surface area contributed by atoms with Gasteiger partial charge in [0, 0.05) is 0 Å². The first kappa shape index (κ1) is 9.56. The van der Waals surface area contributed by atoms with Crippen LogP contribution < -0.4 is 4.74 Å². The van der Waals surface area contributed by atoms with Crippen LogP contribution in [-0.2, 0) is 0 Å². The molecule has 0 aliphatic heterocycles. The van der Waals surface area contributed by atoms with E-state index in [0.29, 0.717) is 0 Å². The van der Waals surface area contributed by atoms with E-state index in [4.69, 9.17) is 4.74 Å². The van der Waals surface area contributed by atoms with Crippen molar-refractivity contribution >= 4 is 0 Å². The minimum Gasteiger partial charge on any atom is -0.478 e. The van der Waals surface area contributed by atoms with Crippen LogP contribution in [0.5, 0.6) is 5.88 Å². The Morgan fingerprint density at radius 1 is 1.43 bits per heavy atom. The molecule has 0 saturated heterocycles. The van der Waals surface area contributed by atoms with Crippen LogP contribution in [0, 0.1) is 12.8 Å². The molecule has 1 aliphatic carbocycles. The number of aromatic amines is 1. The number of aromatic nitrogens is 2. The van der Waals surface area contributed by atoms with Crippen molar-refractivity contribution in [2.24, 2.45) is 5.92 Å². The summed E-state index contributed by atoms with van der Waals surface area (Å²) in [4.78, 5) is 7.18. The molecule has 3 heteroatoms. The van der Waals surface area contributed by atoms with Gasteiger partial charge in [-0.05, 0) is 25.7 Å². The first-order valence-corrected chi connectivity index (χ1v) is 5.49. The van der Waals surface area contributed by atoms with Crippen molar-refractivity contribution in [2.45, 2.75) is 39.0 Å². The highest BCUT2D eigenvalue weighted by atomic mass is 16.5. The van der Waals surface area contributed by atoms with Gasteiger partial charge < -0.3 is 9.72 Å². The van der Waals surface area contributed by atoms with Gasteiger partial charge in [0.05, 0.1) is 12.8 Å². The monoisotopic (exact) mass is 194 g/mol. The van der Waals surface area contributed by atoms with E-state index in [9.17, 15) is 0 Å². The lowest BCUT2D eigenvalue weighted by Gasteiger charge is -2.20. The molecule has 0 amide bonds. The Hall–Kier alpha value is -0.990. The zero-order valence-corrected chi connectivity index (χ0v) is 8.75. The molecular formula is C11H18N2O. The van der Waals surface area contributed by atoms with E-state index in [1.54, 1.807) is 6.20 Å². The van der Waals surface area contributed by atoms with Gasteiger partial charge in [-0.25, -0.2) is 4.98 Å². The van der Waals surface area contributed by atoms with Crippen LogP contribution in [0.25, 0.3) is 0 Å². The molecule has 2 rings (SSSR count). The third kappa shape index (κ3) is 2.50. The standard InChI is InChI=1S/C11H18N2O/c1-9-12-7-11(13-9)14-8-10-5-3-2-4-6-10/h7,10H,2-6,8H2,1H3,(H,12,13). The maximum absolute atomic E-state index is 5.65. The topological polar surface area (TPSA) is 37.9 Å². The maximum atomic E-state index is 5.65. The Balaban J connectivity index is 1.76. The first-order chi connectivity index (χ1) is 6.84. The van der Waals surface area contributed by atoms with Gasteiger partial charge in [0.25, 0.3) is 0 Å². The minimum absolute atomic E-state index is 0.757. The number of ether oxygens (including phenoxy) is 1. The molecule has 1 aromatic rings. The number of nitrogens with zero attached hydrogens (tertiary/aromatic N) is 1. The van der Waals surface area contributed by atoms with Gasteiger partial charge in [-0.3, -0.25) is 0 Å². The Labute approximate surface area is 84.9 Å². The summed E-state index contributed by atoms with van der Waals surface area (Å²) >= 11 is 0. The molecule has 1 fully saturated rings. The van der Waals surface area contributed by atoms with Crippen LogP contribution in [0.1, 0.15) is 37.9 Å². The fourth-order valence-corrected chi connectivity index (χ4v) is 2.03. The molecule has 1 aromatic heterocycles. The lowest BCUT2D eigenvalue weighted by atomic mass is 9.90. The largest absolute Gasteiger partial charge is 0.478 e. The van der Waals surface area contributed by atoms with Gasteiger partial charge >= 0.3 is 0 Å². The summed E-state index contributed by atoms with van der Waals surface area (Å²) in [7, 11) is 0. The molecule has 1 saturated carbocycles. The maximum Gasteiger partial charge on any atom is 0.211 e. The van der Waals surface area contributed by atoms with Crippen molar-refractivity contribution in [1.82, 2.24) is 9.97 Å². The van der Waals surface area contributed by atoms with Gasteiger partial charge in [0.1, 0.15) is 5.82 Å². The summed E-state index contributed by atoms with van der Waals surface area (Å²) in [5.74, 6) is 2.49. The average molecular weight is 194 g/mol. The molecule has 0 atom stereocenters. The predicted molar refractivity (Wildman–Crippen MR) is 55.4 cm³/mol. The SMILES string of the molecule is Cc1ncc(OCC2CCCCC2)[nH]1. The Bertz CT molecular complexity index is 277. The highest BCUT2D eigenvalue weighted by Crippen LogP contribution is 2.24. The van der Waals surface area contributed by atoms with Crippen molar-refractivity contribution in [3.05, 3.63) is 12.0 Å². The summed E-state index contributed by atoms with van der Waals surface area (Å²) < 4.78 is 5.65. The quantitative estimate of drug-likeness (QED) is 0.803. The number of hydrogen-bond donors (Lipinski definition) is 1. The highest BCUT2D eigenvalue weighted by molar-refractivity contribution is 5.06. The van der Waals surface area contributed by atoms with Crippen molar-refractivity contribution in [1.29, 1.82) is 0 Å². The summed E-state index contributed by atoms with van der Waals surface area (Å²) in [5.41, 5.74) is 0. The van der Waals surface area contributed by atoms with Crippen molar-refractivity contribution < 1.29 is 4.74 Å². The number of aryl methyl sites for hydroxylation is 1. The van der Waals surface area contributed by atoms with Gasteiger partial charge in [-0.2, -0.15) is 0 Å². The van der Waals surface area contributed by atoms with E-state index in [1.807, 2.05) is 6.92 Å². The van der Waals surface area contributed by atoms with Crippen molar-refractivity contribution in [3.8, 4) is 5.88 Å². The first-order valence-electron chi connectivity index (χ1n) is 5.49. The zero-order chi connectivity index (χ0) is 9.80. The molecule has 78 valence electrons. The third-order valence-electron chi connectivity index (χ3n) is 2.88. The molecular weight excluding hydrogens is 176 g/mol. The van der Waals surface area contributed by atoms with Gasteiger partial charge in [0.2, 0.25) is 5.88 Å².